The van der Waals surface area contributed by atoms with Crippen molar-refractivity contribution in [2.45, 2.75) is 29.2 Å². The van der Waals surface area contributed by atoms with Crippen LogP contribution in [0.1, 0.15) is 28.5 Å². The van der Waals surface area contributed by atoms with E-state index in [-0.39, 0.29) is 27.0 Å². The van der Waals surface area contributed by atoms with Gasteiger partial charge >= 0.3 is 5.97 Å². The monoisotopic (exact) mass is 669 g/mol. The van der Waals surface area contributed by atoms with E-state index in [0.717, 1.165) is 17.7 Å². The first kappa shape index (κ1) is 36.9. The third-order valence-electron chi connectivity index (χ3n) is 5.87. The second-order valence-corrected chi connectivity index (χ2v) is 11.8. The average molecular weight is 670 g/mol. The molecule has 1 fully saturated rings. The van der Waals surface area contributed by atoms with Crippen molar-refractivity contribution in [2.75, 3.05) is 23.8 Å². The smallest absolute Gasteiger partial charge is 0.339 e. The highest BCUT2D eigenvalue weighted by molar-refractivity contribution is 7.91. The number of aromatic carboxylic acids is 1. The number of carboxylic acid groups (broad SMARTS) is 1. The van der Waals surface area contributed by atoms with Crippen molar-refractivity contribution in [3.05, 3.63) is 102 Å². The largest absolute Gasteiger partial charge is 0.507 e. The van der Waals surface area contributed by atoms with Crippen LogP contribution in [0, 0.1) is 0 Å². The van der Waals surface area contributed by atoms with E-state index in [0.29, 0.717) is 28.7 Å². The summed E-state index contributed by atoms with van der Waals surface area (Å²) >= 11 is 4.82. The Bertz CT molecular complexity index is 1700. The Hall–Kier alpha value is -5.29. The Balaban J connectivity index is 0.000000224. The van der Waals surface area contributed by atoms with E-state index in [4.69, 9.17) is 51.1 Å². The lowest BCUT2D eigenvalue weighted by Crippen LogP contribution is -2.31. The lowest BCUT2D eigenvalue weighted by molar-refractivity contribution is -0.124. The van der Waals surface area contributed by atoms with Gasteiger partial charge in [-0.25, -0.2) is 18.7 Å². The molecule has 0 saturated carbocycles. The van der Waals surface area contributed by atoms with Crippen LogP contribution in [0.4, 0.5) is 17.1 Å². The number of nitrogens with zero attached hydrogens (tertiary/aromatic N) is 1. The highest BCUT2D eigenvalue weighted by atomic mass is 32.2. The number of nitrogens with one attached hydrogen (secondary N) is 1. The summed E-state index contributed by atoms with van der Waals surface area (Å²) in [5.74, 6) is -1.71. The Kier molecular flexibility index (Phi) is 13.8. The molecule has 2 heterocycles. The van der Waals surface area contributed by atoms with Crippen molar-refractivity contribution >= 4 is 56.0 Å². The fourth-order valence-corrected chi connectivity index (χ4v) is 4.73. The van der Waals surface area contributed by atoms with Crippen LogP contribution < -0.4 is 34.1 Å². The topological polar surface area (TPSA) is 273 Å². The molecule has 1 saturated heterocycles. The lowest BCUT2D eigenvalue weighted by Gasteiger charge is -2.05. The van der Waals surface area contributed by atoms with Gasteiger partial charge in [0.2, 0.25) is 9.84 Å². The Morgan fingerprint density at radius 1 is 0.957 bits per heavy atom. The summed E-state index contributed by atoms with van der Waals surface area (Å²) in [7, 11) is -3.48. The number of sulfone groups is 1. The van der Waals surface area contributed by atoms with Crippen LogP contribution in [0.15, 0.2) is 94.9 Å². The standard InChI is InChI=1S/C12H12N2O2S.C8H10N2S.C7H7NO3.C3H6N2O2/c13-9-1-5-11(6-2-9)17(15,16)12-7-3-10(14)4-8-12;1-2-7-5-6(8(9)11)3-4-10-7;8-4-1-2-5(7(10)11)6(9)3-4;4-2-1-7-5-3(2)6/h1-8H,13-14H2;3-5H,2H2,1H3,(H2,9,11);1-3,9H,8H2,(H,10,11);2H,1,4H2,(H,5,6)/t;;;2-/m...1/s1. The number of thiocarbonyl (C=S) groups is 1. The van der Waals surface area contributed by atoms with Gasteiger partial charge in [-0.15, -0.1) is 0 Å². The molecular formula is C30H35N7O7S2. The number of anilines is 3. The molecule has 0 aliphatic carbocycles. The number of carbonyl (C=O) groups is 2. The normalized spacial score (nSPS) is 13.3. The third kappa shape index (κ3) is 11.3. The minimum Gasteiger partial charge on any atom is -0.507 e. The van der Waals surface area contributed by atoms with Crippen molar-refractivity contribution in [3.63, 3.8) is 0 Å². The highest BCUT2D eigenvalue weighted by Gasteiger charge is 2.20. The number of benzene rings is 3. The zero-order valence-electron chi connectivity index (χ0n) is 24.7. The molecule has 0 radical (unpaired) electrons. The molecule has 1 amide bonds. The quantitative estimate of drug-likeness (QED) is 0.112. The number of phenols is 1. The fourth-order valence-electron chi connectivity index (χ4n) is 3.34. The number of rotatable bonds is 5. The number of amides is 1. The number of hydrogen-bond acceptors (Lipinski definition) is 12. The van der Waals surface area contributed by atoms with Crippen molar-refractivity contribution < 1.29 is 33.1 Å². The average Bonchev–Trinajstić information content (AvgIpc) is 3.40. The predicted molar refractivity (Wildman–Crippen MR) is 178 cm³/mol. The fraction of sp³-hybridized carbons (Fsp3) is 0.133. The van der Waals surface area contributed by atoms with E-state index >= 15 is 0 Å². The first-order valence-electron chi connectivity index (χ1n) is 13.4. The van der Waals surface area contributed by atoms with Gasteiger partial charge < -0.3 is 38.9 Å². The van der Waals surface area contributed by atoms with E-state index in [1.165, 1.54) is 42.5 Å². The van der Waals surface area contributed by atoms with Crippen LogP contribution in [0.25, 0.3) is 0 Å². The summed E-state index contributed by atoms with van der Waals surface area (Å²) in [4.78, 5) is 30.0. The zero-order valence-corrected chi connectivity index (χ0v) is 26.3. The first-order valence-corrected chi connectivity index (χ1v) is 15.2. The SMILES string of the molecule is CCc1cc(C(N)=S)ccn1.N[C@@H]1CONC1=O.Nc1ccc(C(=O)O)c(O)c1.Nc1ccc(S(=O)(=O)c2ccc(N)cc2)cc1. The molecular weight excluding hydrogens is 635 g/mol. The zero-order chi connectivity index (χ0) is 34.4. The van der Waals surface area contributed by atoms with Crippen molar-refractivity contribution in [1.82, 2.24) is 10.5 Å². The maximum absolute atomic E-state index is 12.2. The van der Waals surface area contributed by atoms with Crippen LogP contribution >= 0.6 is 12.2 Å². The number of aryl methyl sites for hydroxylation is 1. The molecule has 1 aliphatic rings. The molecule has 3 aromatic carbocycles. The second-order valence-electron chi connectivity index (χ2n) is 9.36. The van der Waals surface area contributed by atoms with Crippen molar-refractivity contribution in [3.8, 4) is 5.75 Å². The van der Waals surface area contributed by atoms with E-state index < -0.39 is 21.8 Å². The number of nitrogen functional groups attached to an aromatic ring is 3. The molecule has 5 rings (SSSR count). The minimum absolute atomic E-state index is 0.140. The van der Waals surface area contributed by atoms with Crippen molar-refractivity contribution in [1.29, 1.82) is 0 Å². The van der Waals surface area contributed by atoms with Crippen LogP contribution in [0.2, 0.25) is 0 Å². The first-order chi connectivity index (χ1) is 21.6. The van der Waals surface area contributed by atoms with E-state index in [1.807, 2.05) is 19.1 Å². The maximum Gasteiger partial charge on any atom is 0.339 e. The van der Waals surface area contributed by atoms with Crippen LogP contribution in [0.3, 0.4) is 0 Å². The maximum atomic E-state index is 12.2. The number of carboxylic acids is 1. The summed E-state index contributed by atoms with van der Waals surface area (Å²) < 4.78 is 24.3. The molecule has 16 heteroatoms. The number of aromatic hydroxyl groups is 1. The summed E-state index contributed by atoms with van der Waals surface area (Å²) in [6.07, 6.45) is 2.64. The number of nitrogens with two attached hydrogens (primary N) is 5. The van der Waals surface area contributed by atoms with Gasteiger partial charge in [0.1, 0.15) is 22.3 Å². The van der Waals surface area contributed by atoms with Gasteiger partial charge in [-0.05, 0) is 79.2 Å². The Morgan fingerprint density at radius 2 is 1.48 bits per heavy atom. The van der Waals surface area contributed by atoms with Gasteiger partial charge in [-0.3, -0.25) is 14.6 Å². The summed E-state index contributed by atoms with van der Waals surface area (Å²) in [5, 5.41) is 17.5. The highest BCUT2D eigenvalue weighted by Crippen LogP contribution is 2.22. The molecule has 1 aliphatic heterocycles. The molecule has 0 bridgehead atoms. The Morgan fingerprint density at radius 3 is 1.85 bits per heavy atom. The second kappa shape index (κ2) is 17.3. The van der Waals surface area contributed by atoms with Crippen LogP contribution in [-0.2, 0) is 25.9 Å². The van der Waals surface area contributed by atoms with Gasteiger partial charge in [-0.2, -0.15) is 0 Å². The van der Waals surface area contributed by atoms with Crippen molar-refractivity contribution in [2.24, 2.45) is 11.5 Å². The molecule has 1 aromatic heterocycles. The Labute approximate surface area is 271 Å². The number of carbonyl (C=O) groups excluding carboxylic acids is 1. The number of pyridine rings is 1. The molecule has 13 N–H and O–H groups in total. The van der Waals surface area contributed by atoms with Crippen LogP contribution in [-0.4, -0.2) is 53.1 Å². The number of hydroxylamine groups is 1. The molecule has 46 heavy (non-hydrogen) atoms. The minimum atomic E-state index is -3.48. The summed E-state index contributed by atoms with van der Waals surface area (Å²) in [6.45, 7) is 2.34. The van der Waals surface area contributed by atoms with Gasteiger partial charge in [0.25, 0.3) is 5.91 Å². The molecule has 0 unspecified atom stereocenters. The number of aromatic nitrogens is 1. The molecule has 4 aromatic rings. The van der Waals surface area contributed by atoms with E-state index in [2.05, 4.69) is 15.3 Å². The van der Waals surface area contributed by atoms with Gasteiger partial charge in [-0.1, -0.05) is 19.1 Å². The summed E-state index contributed by atoms with van der Waals surface area (Å²) in [5.41, 5.74) is 32.2. The third-order valence-corrected chi connectivity index (χ3v) is 7.89. The number of hydrogen-bond donors (Lipinski definition) is 8. The lowest BCUT2D eigenvalue weighted by atomic mass is 10.2. The van der Waals surface area contributed by atoms with Gasteiger partial charge in [0.05, 0.1) is 16.4 Å². The van der Waals surface area contributed by atoms with Gasteiger partial charge in [0, 0.05) is 40.6 Å². The van der Waals surface area contributed by atoms with Gasteiger partial charge in [0.15, 0.2) is 0 Å². The van der Waals surface area contributed by atoms with E-state index in [1.54, 1.807) is 30.5 Å². The van der Waals surface area contributed by atoms with E-state index in [9.17, 15) is 18.0 Å². The molecule has 1 atom stereocenters. The van der Waals surface area contributed by atoms with Crippen LogP contribution in [0.5, 0.6) is 5.75 Å². The predicted octanol–water partition coefficient (Wildman–Crippen LogP) is 2.01. The molecule has 244 valence electrons. The molecule has 0 spiro atoms. The molecule has 14 nitrogen and oxygen atoms in total. The summed E-state index contributed by atoms with van der Waals surface area (Å²) in [6, 6.07) is 19.3.